The lowest BCUT2D eigenvalue weighted by molar-refractivity contribution is 0.692. The minimum Gasteiger partial charge on any atom is -0.228 e. The third-order valence-electron chi connectivity index (χ3n) is 2.55. The van der Waals surface area contributed by atoms with Gasteiger partial charge in [-0.3, -0.25) is 0 Å². The normalized spacial score (nSPS) is 17.2. The van der Waals surface area contributed by atoms with Crippen LogP contribution >= 0.6 is 0 Å². The van der Waals surface area contributed by atoms with Crippen molar-refractivity contribution in [2.45, 2.75) is 31.6 Å². The summed E-state index contributed by atoms with van der Waals surface area (Å²) in [6.45, 7) is 0. The van der Waals surface area contributed by atoms with Crippen LogP contribution in [-0.4, -0.2) is 9.97 Å². The standard InChI is InChI=1S/C10H11N3/c11-7-10-12-6-5-9(13-10)8-3-1-2-4-8/h5-6,8H,1-4H2. The first-order valence-corrected chi connectivity index (χ1v) is 4.63. The van der Waals surface area contributed by atoms with Crippen LogP contribution < -0.4 is 0 Å². The van der Waals surface area contributed by atoms with Crippen molar-refractivity contribution in [3.63, 3.8) is 0 Å². The molecule has 1 heterocycles. The molecular formula is C10H11N3. The van der Waals surface area contributed by atoms with E-state index in [1.54, 1.807) is 6.20 Å². The fraction of sp³-hybridized carbons (Fsp3) is 0.500. The van der Waals surface area contributed by atoms with Crippen LogP contribution in [0.25, 0.3) is 0 Å². The van der Waals surface area contributed by atoms with Crippen LogP contribution in [0.3, 0.4) is 0 Å². The van der Waals surface area contributed by atoms with E-state index in [0.29, 0.717) is 11.7 Å². The Kier molecular flexibility index (Phi) is 2.22. The zero-order valence-electron chi connectivity index (χ0n) is 7.40. The van der Waals surface area contributed by atoms with E-state index < -0.39 is 0 Å². The molecule has 3 heteroatoms. The molecule has 13 heavy (non-hydrogen) atoms. The lowest BCUT2D eigenvalue weighted by Gasteiger charge is -2.06. The highest BCUT2D eigenvalue weighted by Gasteiger charge is 2.18. The average Bonchev–Trinajstić information content (AvgIpc) is 2.71. The van der Waals surface area contributed by atoms with E-state index in [9.17, 15) is 0 Å². The smallest absolute Gasteiger partial charge is 0.228 e. The van der Waals surface area contributed by atoms with Crippen LogP contribution in [0.15, 0.2) is 12.3 Å². The quantitative estimate of drug-likeness (QED) is 0.652. The second-order valence-electron chi connectivity index (χ2n) is 3.40. The lowest BCUT2D eigenvalue weighted by Crippen LogP contribution is -1.99. The molecule has 0 bridgehead atoms. The number of hydrogen-bond acceptors (Lipinski definition) is 3. The molecule has 0 unspecified atom stereocenters. The van der Waals surface area contributed by atoms with Gasteiger partial charge in [-0.2, -0.15) is 5.26 Å². The van der Waals surface area contributed by atoms with Gasteiger partial charge in [0, 0.05) is 17.8 Å². The summed E-state index contributed by atoms with van der Waals surface area (Å²) in [6.07, 6.45) is 6.68. The van der Waals surface area contributed by atoms with Crippen LogP contribution in [-0.2, 0) is 0 Å². The van der Waals surface area contributed by atoms with Crippen molar-refractivity contribution < 1.29 is 0 Å². The molecule has 1 aliphatic rings. The minimum atomic E-state index is 0.296. The Morgan fingerprint density at radius 2 is 2.15 bits per heavy atom. The Labute approximate surface area is 77.4 Å². The molecule has 0 spiro atoms. The molecule has 0 N–H and O–H groups in total. The Morgan fingerprint density at radius 3 is 2.85 bits per heavy atom. The molecule has 1 saturated carbocycles. The summed E-state index contributed by atoms with van der Waals surface area (Å²) >= 11 is 0. The molecular weight excluding hydrogens is 162 g/mol. The van der Waals surface area contributed by atoms with E-state index in [4.69, 9.17) is 5.26 Å². The van der Waals surface area contributed by atoms with Gasteiger partial charge in [-0.1, -0.05) is 12.8 Å². The SMILES string of the molecule is N#Cc1nccc(C2CCCC2)n1. The van der Waals surface area contributed by atoms with Crippen molar-refractivity contribution in [3.8, 4) is 6.07 Å². The fourth-order valence-electron chi connectivity index (χ4n) is 1.88. The van der Waals surface area contributed by atoms with Gasteiger partial charge in [-0.25, -0.2) is 9.97 Å². The van der Waals surface area contributed by atoms with Crippen LogP contribution in [0, 0.1) is 11.3 Å². The second kappa shape index (κ2) is 3.53. The highest BCUT2D eigenvalue weighted by Crippen LogP contribution is 2.32. The van der Waals surface area contributed by atoms with Crippen molar-refractivity contribution in [1.82, 2.24) is 9.97 Å². The molecule has 0 amide bonds. The van der Waals surface area contributed by atoms with E-state index in [2.05, 4.69) is 9.97 Å². The molecule has 1 aliphatic carbocycles. The highest BCUT2D eigenvalue weighted by atomic mass is 14.9. The van der Waals surface area contributed by atoms with E-state index in [1.165, 1.54) is 25.7 Å². The van der Waals surface area contributed by atoms with Gasteiger partial charge in [-0.15, -0.1) is 0 Å². The number of rotatable bonds is 1. The van der Waals surface area contributed by atoms with E-state index in [1.807, 2.05) is 12.1 Å². The summed E-state index contributed by atoms with van der Waals surface area (Å²) in [4.78, 5) is 8.06. The predicted molar refractivity (Wildman–Crippen MR) is 48.0 cm³/mol. The van der Waals surface area contributed by atoms with Gasteiger partial charge >= 0.3 is 0 Å². The van der Waals surface area contributed by atoms with Crippen LogP contribution in [0.2, 0.25) is 0 Å². The topological polar surface area (TPSA) is 49.6 Å². The third kappa shape index (κ3) is 1.67. The molecule has 0 aromatic carbocycles. The molecule has 66 valence electrons. The maximum atomic E-state index is 8.63. The fourth-order valence-corrected chi connectivity index (χ4v) is 1.88. The largest absolute Gasteiger partial charge is 0.232 e. The van der Waals surface area contributed by atoms with Gasteiger partial charge in [0.15, 0.2) is 0 Å². The van der Waals surface area contributed by atoms with Crippen molar-refractivity contribution in [2.24, 2.45) is 0 Å². The van der Waals surface area contributed by atoms with E-state index in [0.717, 1.165) is 5.69 Å². The summed E-state index contributed by atoms with van der Waals surface area (Å²) in [6, 6.07) is 3.90. The Balaban J connectivity index is 2.25. The first-order valence-electron chi connectivity index (χ1n) is 4.63. The zero-order chi connectivity index (χ0) is 9.10. The van der Waals surface area contributed by atoms with Crippen molar-refractivity contribution in [1.29, 1.82) is 5.26 Å². The Hall–Kier alpha value is -1.43. The maximum absolute atomic E-state index is 8.63. The number of hydrogen-bond donors (Lipinski definition) is 0. The molecule has 0 saturated heterocycles. The summed E-state index contributed by atoms with van der Waals surface area (Å²) in [5, 5.41) is 8.63. The van der Waals surface area contributed by atoms with Crippen molar-refractivity contribution in [3.05, 3.63) is 23.8 Å². The second-order valence-corrected chi connectivity index (χ2v) is 3.40. The Bertz CT molecular complexity index is 334. The summed E-state index contributed by atoms with van der Waals surface area (Å²) < 4.78 is 0. The first kappa shape index (κ1) is 8.18. The van der Waals surface area contributed by atoms with Gasteiger partial charge in [0.25, 0.3) is 0 Å². The minimum absolute atomic E-state index is 0.296. The summed E-state index contributed by atoms with van der Waals surface area (Å²) in [5.41, 5.74) is 1.05. The zero-order valence-corrected chi connectivity index (χ0v) is 7.40. The summed E-state index contributed by atoms with van der Waals surface area (Å²) in [7, 11) is 0. The van der Waals surface area contributed by atoms with E-state index in [-0.39, 0.29) is 0 Å². The van der Waals surface area contributed by atoms with Crippen molar-refractivity contribution in [2.75, 3.05) is 0 Å². The Morgan fingerprint density at radius 1 is 1.38 bits per heavy atom. The van der Waals surface area contributed by atoms with Crippen LogP contribution in [0.1, 0.15) is 43.1 Å². The predicted octanol–water partition coefficient (Wildman–Crippen LogP) is 2.01. The molecule has 2 rings (SSSR count). The molecule has 1 fully saturated rings. The summed E-state index contributed by atoms with van der Waals surface area (Å²) in [5.74, 6) is 0.861. The number of aromatic nitrogens is 2. The highest BCUT2D eigenvalue weighted by molar-refractivity contribution is 5.16. The third-order valence-corrected chi connectivity index (χ3v) is 2.55. The van der Waals surface area contributed by atoms with Crippen LogP contribution in [0.4, 0.5) is 0 Å². The first-order chi connectivity index (χ1) is 6.40. The van der Waals surface area contributed by atoms with Crippen LogP contribution in [0.5, 0.6) is 0 Å². The van der Waals surface area contributed by atoms with Gasteiger partial charge in [-0.05, 0) is 18.9 Å². The number of nitriles is 1. The van der Waals surface area contributed by atoms with Gasteiger partial charge in [0.1, 0.15) is 6.07 Å². The average molecular weight is 173 g/mol. The molecule has 0 aliphatic heterocycles. The van der Waals surface area contributed by atoms with Crippen molar-refractivity contribution >= 4 is 0 Å². The molecule has 0 atom stereocenters. The molecule has 0 radical (unpaired) electrons. The number of nitrogens with zero attached hydrogens (tertiary/aromatic N) is 3. The molecule has 1 aromatic rings. The molecule has 1 aromatic heterocycles. The molecule has 3 nitrogen and oxygen atoms in total. The van der Waals surface area contributed by atoms with E-state index >= 15 is 0 Å². The maximum Gasteiger partial charge on any atom is 0.232 e. The monoisotopic (exact) mass is 173 g/mol. The van der Waals surface area contributed by atoms with Gasteiger partial charge in [0.2, 0.25) is 5.82 Å². The van der Waals surface area contributed by atoms with Gasteiger partial charge < -0.3 is 0 Å². The lowest BCUT2D eigenvalue weighted by atomic mass is 10.0. The van der Waals surface area contributed by atoms with Gasteiger partial charge in [0.05, 0.1) is 0 Å².